The Morgan fingerprint density at radius 3 is 2.62 bits per heavy atom. The van der Waals surface area contributed by atoms with Crippen LogP contribution in [0.25, 0.3) is 32.8 Å². The molecule has 2 N–H and O–H groups in total. The van der Waals surface area contributed by atoms with Gasteiger partial charge >= 0.3 is 5.97 Å². The van der Waals surface area contributed by atoms with Crippen LogP contribution in [0, 0.1) is 5.82 Å². The van der Waals surface area contributed by atoms with Gasteiger partial charge in [0.2, 0.25) is 0 Å². The van der Waals surface area contributed by atoms with Gasteiger partial charge in [-0.05, 0) is 55.3 Å². The highest BCUT2D eigenvalue weighted by Gasteiger charge is 2.26. The Kier molecular flexibility index (Phi) is 7.65. The second-order valence-corrected chi connectivity index (χ2v) is 9.38. The summed E-state index contributed by atoms with van der Waals surface area (Å²) in [5.74, 6) is -0.140. The van der Waals surface area contributed by atoms with Gasteiger partial charge in [0.25, 0.3) is 0 Å². The third-order valence-electron chi connectivity index (χ3n) is 7.06. The fourth-order valence-corrected chi connectivity index (χ4v) is 5.27. The summed E-state index contributed by atoms with van der Waals surface area (Å²) < 4.78 is 28.5. The molecule has 0 unspecified atom stereocenters. The van der Waals surface area contributed by atoms with Gasteiger partial charge in [-0.15, -0.1) is 0 Å². The Hall–Kier alpha value is -4.17. The molecule has 0 atom stereocenters. The third-order valence-corrected chi connectivity index (χ3v) is 7.06. The van der Waals surface area contributed by atoms with E-state index in [-0.39, 0.29) is 13.2 Å². The van der Waals surface area contributed by atoms with Crippen molar-refractivity contribution in [1.82, 2.24) is 14.8 Å². The van der Waals surface area contributed by atoms with E-state index in [0.717, 1.165) is 27.5 Å². The van der Waals surface area contributed by atoms with Gasteiger partial charge in [-0.25, -0.2) is 9.18 Å². The molecule has 0 spiro atoms. The molecule has 39 heavy (non-hydrogen) atoms. The fourth-order valence-electron chi connectivity index (χ4n) is 5.27. The molecule has 2 heterocycles. The zero-order valence-corrected chi connectivity index (χ0v) is 22.4. The zero-order valence-electron chi connectivity index (χ0n) is 22.4. The van der Waals surface area contributed by atoms with Crippen molar-refractivity contribution < 1.29 is 23.8 Å². The monoisotopic (exact) mass is 529 g/mol. The molecule has 3 aromatic carbocycles. The quantitative estimate of drug-likeness (QED) is 0.168. The number of H-pyrrole nitrogens is 1. The van der Waals surface area contributed by atoms with Gasteiger partial charge in [-0.1, -0.05) is 43.3 Å². The van der Waals surface area contributed by atoms with Gasteiger partial charge in [-0.2, -0.15) is 5.10 Å². The maximum Gasteiger partial charge on any atom is 0.355 e. The first-order chi connectivity index (χ1) is 19.0. The Morgan fingerprint density at radius 1 is 1.05 bits per heavy atom. The van der Waals surface area contributed by atoms with Gasteiger partial charge in [0, 0.05) is 28.9 Å². The van der Waals surface area contributed by atoms with Crippen LogP contribution in [0.15, 0.2) is 54.6 Å². The minimum absolute atomic E-state index is 0.219. The van der Waals surface area contributed by atoms with Crippen LogP contribution in [0.1, 0.15) is 47.7 Å². The minimum Gasteiger partial charge on any atom is -0.493 e. The molecule has 0 amide bonds. The minimum atomic E-state index is -0.491. The Labute approximate surface area is 226 Å². The Morgan fingerprint density at radius 2 is 1.85 bits per heavy atom. The van der Waals surface area contributed by atoms with E-state index < -0.39 is 11.8 Å². The highest BCUT2D eigenvalue weighted by molar-refractivity contribution is 6.04. The number of aromatic amines is 1. The molecule has 8 heteroatoms. The molecule has 0 saturated carbocycles. The van der Waals surface area contributed by atoms with E-state index in [0.29, 0.717) is 59.6 Å². The number of carbonyl (C=O) groups excluding carboxylic acids is 1. The Bertz CT molecular complexity index is 1650. The summed E-state index contributed by atoms with van der Waals surface area (Å²) in [5, 5.41) is 17.5. The smallest absolute Gasteiger partial charge is 0.355 e. The Balaban J connectivity index is 1.52. The summed E-state index contributed by atoms with van der Waals surface area (Å²) in [6.45, 7) is 4.05. The van der Waals surface area contributed by atoms with E-state index in [4.69, 9.17) is 9.47 Å². The number of hydrogen-bond donors (Lipinski definition) is 2. The molecule has 0 aliphatic heterocycles. The van der Waals surface area contributed by atoms with Crippen LogP contribution < -0.4 is 4.74 Å². The van der Waals surface area contributed by atoms with Crippen molar-refractivity contribution in [2.45, 2.75) is 39.7 Å². The lowest BCUT2D eigenvalue weighted by Gasteiger charge is -2.10. The summed E-state index contributed by atoms with van der Waals surface area (Å²) in [6, 6.07) is 17.1. The number of halogens is 1. The van der Waals surface area contributed by atoms with Crippen LogP contribution in [0.5, 0.6) is 5.75 Å². The van der Waals surface area contributed by atoms with Gasteiger partial charge in [-0.3, -0.25) is 4.68 Å². The van der Waals surface area contributed by atoms with Crippen molar-refractivity contribution in [2.24, 2.45) is 7.05 Å². The summed E-state index contributed by atoms with van der Waals surface area (Å²) in [5.41, 5.74) is 3.56. The van der Waals surface area contributed by atoms with E-state index in [2.05, 4.69) is 10.1 Å². The molecule has 0 bridgehead atoms. The van der Waals surface area contributed by atoms with E-state index in [1.165, 1.54) is 6.07 Å². The van der Waals surface area contributed by atoms with Gasteiger partial charge in [0.15, 0.2) is 0 Å². The van der Waals surface area contributed by atoms with Crippen LogP contribution in [0.3, 0.4) is 0 Å². The van der Waals surface area contributed by atoms with Crippen molar-refractivity contribution in [2.75, 3.05) is 13.2 Å². The second kappa shape index (κ2) is 11.3. The van der Waals surface area contributed by atoms with Crippen molar-refractivity contribution >= 4 is 27.6 Å². The van der Waals surface area contributed by atoms with E-state index >= 15 is 4.39 Å². The molecule has 0 aliphatic rings. The van der Waals surface area contributed by atoms with Crippen LogP contribution in [0.2, 0.25) is 0 Å². The predicted molar refractivity (Wildman–Crippen MR) is 149 cm³/mol. The number of benzene rings is 3. The number of nitrogens with one attached hydrogen (secondary N) is 1. The van der Waals surface area contributed by atoms with Gasteiger partial charge < -0.3 is 19.6 Å². The number of aromatic nitrogens is 3. The molecule has 0 saturated heterocycles. The van der Waals surface area contributed by atoms with Gasteiger partial charge in [0.05, 0.1) is 36.7 Å². The molecular formula is C31H32FN3O4. The van der Waals surface area contributed by atoms with Crippen molar-refractivity contribution in [1.29, 1.82) is 0 Å². The van der Waals surface area contributed by atoms with Gasteiger partial charge in [0.1, 0.15) is 17.3 Å². The molecule has 5 rings (SSSR count). The number of aliphatic hydroxyl groups excluding tert-OH is 1. The van der Waals surface area contributed by atoms with Crippen molar-refractivity contribution in [3.05, 3.63) is 83.1 Å². The molecule has 0 aliphatic carbocycles. The number of aliphatic hydroxyl groups is 1. The highest BCUT2D eigenvalue weighted by atomic mass is 19.1. The molecule has 0 radical (unpaired) electrons. The lowest BCUT2D eigenvalue weighted by molar-refractivity contribution is 0.0519. The standard InChI is InChI=1S/C31H32FN3O4/c1-4-24-28(25(18-36)35(3)34-24)27-23(32)16-15-22-21(30(33-29(22)27)31(37)38-5-2)13-9-17-39-26-14-8-11-19-10-6-7-12-20(19)26/h6-8,10-12,14-16,33,36H,4-5,9,13,17-18H2,1-3H3. The topological polar surface area (TPSA) is 89.4 Å². The number of carbonyl (C=O) groups is 1. The van der Waals surface area contributed by atoms with Crippen LogP contribution in [-0.2, 0) is 31.2 Å². The number of nitrogens with zero attached hydrogens (tertiary/aromatic N) is 2. The van der Waals surface area contributed by atoms with Crippen molar-refractivity contribution in [3.63, 3.8) is 0 Å². The number of aryl methyl sites for hydroxylation is 3. The molecular weight excluding hydrogens is 497 g/mol. The maximum absolute atomic E-state index is 15.5. The first-order valence-corrected chi connectivity index (χ1v) is 13.2. The van der Waals surface area contributed by atoms with Crippen LogP contribution >= 0.6 is 0 Å². The number of rotatable bonds is 10. The number of fused-ring (bicyclic) bond motifs is 2. The lowest BCUT2D eigenvalue weighted by Crippen LogP contribution is -2.09. The first-order valence-electron chi connectivity index (χ1n) is 13.2. The number of hydrogen-bond acceptors (Lipinski definition) is 5. The third kappa shape index (κ3) is 4.88. The second-order valence-electron chi connectivity index (χ2n) is 9.38. The molecule has 2 aromatic heterocycles. The van der Waals surface area contributed by atoms with E-state index in [1.807, 2.05) is 49.4 Å². The predicted octanol–water partition coefficient (Wildman–Crippen LogP) is 6.10. The maximum atomic E-state index is 15.5. The first kappa shape index (κ1) is 26.4. The SMILES string of the molecule is CCOC(=O)c1[nH]c2c(-c3c(CC)nn(C)c3CO)c(F)ccc2c1CCCOc1cccc2ccccc12. The molecule has 0 fully saturated rings. The molecule has 7 nitrogen and oxygen atoms in total. The summed E-state index contributed by atoms with van der Waals surface area (Å²) in [7, 11) is 1.73. The van der Waals surface area contributed by atoms with E-state index in [9.17, 15) is 9.90 Å². The van der Waals surface area contributed by atoms with Crippen LogP contribution in [-0.4, -0.2) is 39.1 Å². The normalized spacial score (nSPS) is 11.4. The van der Waals surface area contributed by atoms with Crippen LogP contribution in [0.4, 0.5) is 4.39 Å². The van der Waals surface area contributed by atoms with E-state index in [1.54, 1.807) is 24.7 Å². The molecule has 202 valence electrons. The highest BCUT2D eigenvalue weighted by Crippen LogP contribution is 2.38. The zero-order chi connectivity index (χ0) is 27.5. The largest absolute Gasteiger partial charge is 0.493 e. The molecule has 5 aromatic rings. The lowest BCUT2D eigenvalue weighted by atomic mass is 9.97. The summed E-state index contributed by atoms with van der Waals surface area (Å²) in [6.07, 6.45) is 1.71. The summed E-state index contributed by atoms with van der Waals surface area (Å²) in [4.78, 5) is 16.2. The average molecular weight is 530 g/mol. The van der Waals surface area contributed by atoms with Crippen molar-refractivity contribution in [3.8, 4) is 16.9 Å². The average Bonchev–Trinajstić information content (AvgIpc) is 3.47. The fraction of sp³-hybridized carbons (Fsp3) is 0.290. The number of ether oxygens (including phenoxy) is 2. The summed E-state index contributed by atoms with van der Waals surface area (Å²) >= 11 is 0. The number of esters is 1.